The van der Waals surface area contributed by atoms with Gasteiger partial charge in [0.25, 0.3) is 0 Å². The molecule has 1 heterocycles. The lowest BCUT2D eigenvalue weighted by atomic mass is 10.0. The number of hydrogen-bond donors (Lipinski definition) is 3. The Morgan fingerprint density at radius 1 is 1.53 bits per heavy atom. The molecule has 2 rings (SSSR count). The van der Waals surface area contributed by atoms with Gasteiger partial charge in [-0.1, -0.05) is 25.1 Å². The number of rotatable bonds is 4. The van der Waals surface area contributed by atoms with E-state index in [2.05, 4.69) is 22.8 Å². The zero-order valence-electron chi connectivity index (χ0n) is 11.1. The van der Waals surface area contributed by atoms with Crippen LogP contribution < -0.4 is 10.6 Å². The molecule has 0 saturated heterocycles. The molecule has 0 aliphatic carbocycles. The number of hydrogen-bond acceptors (Lipinski definition) is 3. The molecular formula is C14H20N2O2S. The third-order valence-electron chi connectivity index (χ3n) is 3.31. The highest BCUT2D eigenvalue weighted by molar-refractivity contribution is 7.99. The van der Waals surface area contributed by atoms with Crippen LogP contribution in [0.25, 0.3) is 0 Å². The monoisotopic (exact) mass is 280 g/mol. The third-order valence-corrected chi connectivity index (χ3v) is 4.43. The standard InChI is InChI=1S/C14H20N2O2S/c1-2-10(9-17)15-14(18)16-12-7-8-19-13-6-4-3-5-11(12)13/h3-6,10,12,17H,2,7-9H2,1H3,(H2,15,16,18)/t10-,12+/m1/s1. The summed E-state index contributed by atoms with van der Waals surface area (Å²) >= 11 is 1.83. The molecule has 0 aromatic heterocycles. The van der Waals surface area contributed by atoms with Crippen molar-refractivity contribution in [3.8, 4) is 0 Å². The van der Waals surface area contributed by atoms with E-state index in [0.717, 1.165) is 18.6 Å². The van der Waals surface area contributed by atoms with Crippen molar-refractivity contribution in [2.45, 2.75) is 36.7 Å². The molecule has 0 spiro atoms. The van der Waals surface area contributed by atoms with Gasteiger partial charge in [-0.2, -0.15) is 0 Å². The van der Waals surface area contributed by atoms with Gasteiger partial charge in [0.2, 0.25) is 0 Å². The zero-order valence-corrected chi connectivity index (χ0v) is 11.9. The van der Waals surface area contributed by atoms with Gasteiger partial charge in [-0.15, -0.1) is 11.8 Å². The first-order valence-electron chi connectivity index (χ1n) is 6.64. The van der Waals surface area contributed by atoms with E-state index in [1.165, 1.54) is 10.5 Å². The fraction of sp³-hybridized carbons (Fsp3) is 0.500. The Morgan fingerprint density at radius 3 is 3.05 bits per heavy atom. The fourth-order valence-electron chi connectivity index (χ4n) is 2.15. The summed E-state index contributed by atoms with van der Waals surface area (Å²) in [5.74, 6) is 1.01. The van der Waals surface area contributed by atoms with E-state index in [1.807, 2.05) is 30.8 Å². The van der Waals surface area contributed by atoms with Crippen molar-refractivity contribution >= 4 is 17.8 Å². The van der Waals surface area contributed by atoms with Gasteiger partial charge >= 0.3 is 6.03 Å². The summed E-state index contributed by atoms with van der Waals surface area (Å²) in [6.45, 7) is 1.91. The van der Waals surface area contributed by atoms with Crippen LogP contribution in [0.2, 0.25) is 0 Å². The minimum atomic E-state index is -0.201. The second kappa shape index (κ2) is 6.82. The Labute approximate surface area is 118 Å². The molecule has 0 radical (unpaired) electrons. The number of aliphatic hydroxyl groups excluding tert-OH is 1. The Kier molecular flexibility index (Phi) is 5.10. The summed E-state index contributed by atoms with van der Waals surface area (Å²) in [4.78, 5) is 13.2. The maximum absolute atomic E-state index is 11.9. The van der Waals surface area contributed by atoms with Gasteiger partial charge < -0.3 is 15.7 Å². The van der Waals surface area contributed by atoms with E-state index in [4.69, 9.17) is 5.11 Å². The SMILES string of the molecule is CC[C@H](CO)NC(=O)N[C@H]1CCSc2ccccc21. The number of amides is 2. The Bertz CT molecular complexity index is 435. The molecule has 19 heavy (non-hydrogen) atoms. The molecule has 1 aromatic carbocycles. The average molecular weight is 280 g/mol. The van der Waals surface area contributed by atoms with E-state index in [9.17, 15) is 4.79 Å². The smallest absolute Gasteiger partial charge is 0.315 e. The molecule has 104 valence electrons. The lowest BCUT2D eigenvalue weighted by Gasteiger charge is -2.26. The quantitative estimate of drug-likeness (QED) is 0.793. The molecule has 1 aliphatic rings. The molecule has 2 atom stereocenters. The Hall–Kier alpha value is -1.20. The van der Waals surface area contributed by atoms with Crippen molar-refractivity contribution in [2.24, 2.45) is 0 Å². The van der Waals surface area contributed by atoms with Crippen LogP contribution >= 0.6 is 11.8 Å². The second-order valence-electron chi connectivity index (χ2n) is 4.63. The summed E-state index contributed by atoms with van der Waals surface area (Å²) < 4.78 is 0. The van der Waals surface area contributed by atoms with Crippen LogP contribution in [0.5, 0.6) is 0 Å². The number of benzene rings is 1. The highest BCUT2D eigenvalue weighted by atomic mass is 32.2. The van der Waals surface area contributed by atoms with E-state index in [0.29, 0.717) is 0 Å². The second-order valence-corrected chi connectivity index (χ2v) is 5.77. The van der Waals surface area contributed by atoms with Crippen LogP contribution in [0, 0.1) is 0 Å². The average Bonchev–Trinajstić information content (AvgIpc) is 2.45. The normalized spacial score (nSPS) is 19.4. The number of urea groups is 1. The third kappa shape index (κ3) is 3.64. The van der Waals surface area contributed by atoms with Crippen LogP contribution in [0.3, 0.4) is 0 Å². The fourth-order valence-corrected chi connectivity index (χ4v) is 3.28. The van der Waals surface area contributed by atoms with Crippen LogP contribution in [-0.2, 0) is 0 Å². The van der Waals surface area contributed by atoms with Crippen molar-refractivity contribution in [3.05, 3.63) is 29.8 Å². The number of carbonyl (C=O) groups is 1. The summed E-state index contributed by atoms with van der Waals surface area (Å²) in [6, 6.07) is 7.87. The molecule has 0 unspecified atom stereocenters. The highest BCUT2D eigenvalue weighted by Gasteiger charge is 2.22. The predicted molar refractivity (Wildman–Crippen MR) is 77.4 cm³/mol. The molecule has 1 aromatic rings. The molecule has 1 aliphatic heterocycles. The molecule has 0 saturated carbocycles. The number of thioether (sulfide) groups is 1. The summed E-state index contributed by atoms with van der Waals surface area (Å²) in [6.07, 6.45) is 1.66. The van der Waals surface area contributed by atoms with E-state index >= 15 is 0 Å². The lowest BCUT2D eigenvalue weighted by Crippen LogP contribution is -2.45. The van der Waals surface area contributed by atoms with Gasteiger partial charge in [0.05, 0.1) is 18.7 Å². The highest BCUT2D eigenvalue weighted by Crippen LogP contribution is 2.35. The van der Waals surface area contributed by atoms with Crippen LogP contribution in [-0.4, -0.2) is 29.5 Å². The topological polar surface area (TPSA) is 61.4 Å². The van der Waals surface area contributed by atoms with Crippen molar-refractivity contribution in [1.82, 2.24) is 10.6 Å². The van der Waals surface area contributed by atoms with Crippen molar-refractivity contribution in [2.75, 3.05) is 12.4 Å². The maximum Gasteiger partial charge on any atom is 0.315 e. The van der Waals surface area contributed by atoms with Gasteiger partial charge in [0.15, 0.2) is 0 Å². The summed E-state index contributed by atoms with van der Waals surface area (Å²) in [5.41, 5.74) is 1.19. The number of fused-ring (bicyclic) bond motifs is 1. The van der Waals surface area contributed by atoms with Gasteiger partial charge in [0.1, 0.15) is 0 Å². The number of aliphatic hydroxyl groups is 1. The predicted octanol–water partition coefficient (Wildman–Crippen LogP) is 2.29. The Balaban J connectivity index is 1.99. The van der Waals surface area contributed by atoms with Crippen molar-refractivity contribution in [1.29, 1.82) is 0 Å². The van der Waals surface area contributed by atoms with E-state index < -0.39 is 0 Å². The Morgan fingerprint density at radius 2 is 2.32 bits per heavy atom. The molecule has 2 amide bonds. The minimum absolute atomic E-state index is 0.0268. The van der Waals surface area contributed by atoms with Gasteiger partial charge in [-0.25, -0.2) is 4.79 Å². The first-order chi connectivity index (χ1) is 9.24. The van der Waals surface area contributed by atoms with Gasteiger partial charge in [0, 0.05) is 10.6 Å². The first kappa shape index (κ1) is 14.2. The number of nitrogens with one attached hydrogen (secondary N) is 2. The maximum atomic E-state index is 11.9. The van der Waals surface area contributed by atoms with Gasteiger partial charge in [-0.05, 0) is 24.5 Å². The molecular weight excluding hydrogens is 260 g/mol. The summed E-state index contributed by atoms with van der Waals surface area (Å²) in [5, 5.41) is 14.9. The molecule has 5 heteroatoms. The first-order valence-corrected chi connectivity index (χ1v) is 7.62. The van der Waals surface area contributed by atoms with Crippen LogP contribution in [0.4, 0.5) is 4.79 Å². The van der Waals surface area contributed by atoms with E-state index in [1.54, 1.807) is 0 Å². The summed E-state index contributed by atoms with van der Waals surface area (Å²) in [7, 11) is 0. The van der Waals surface area contributed by atoms with Crippen LogP contribution in [0.15, 0.2) is 29.2 Å². The molecule has 4 nitrogen and oxygen atoms in total. The zero-order chi connectivity index (χ0) is 13.7. The molecule has 0 bridgehead atoms. The van der Waals surface area contributed by atoms with Crippen molar-refractivity contribution < 1.29 is 9.90 Å². The van der Waals surface area contributed by atoms with E-state index in [-0.39, 0.29) is 24.7 Å². The van der Waals surface area contributed by atoms with Crippen LogP contribution in [0.1, 0.15) is 31.4 Å². The largest absolute Gasteiger partial charge is 0.394 e. The van der Waals surface area contributed by atoms with Gasteiger partial charge in [-0.3, -0.25) is 0 Å². The lowest BCUT2D eigenvalue weighted by molar-refractivity contribution is 0.211. The molecule has 0 fully saturated rings. The molecule has 3 N–H and O–H groups in total. The number of carbonyl (C=O) groups excluding carboxylic acids is 1. The van der Waals surface area contributed by atoms with Crippen molar-refractivity contribution in [3.63, 3.8) is 0 Å². The minimum Gasteiger partial charge on any atom is -0.394 e.